The molecule has 4 heteroatoms. The molecular formula is C33H50O4. The van der Waals surface area contributed by atoms with Gasteiger partial charge in [-0.1, -0.05) is 134 Å². The Hall–Kier alpha value is -2.49. The van der Waals surface area contributed by atoms with Crippen LogP contribution in [0.1, 0.15) is 133 Å². The van der Waals surface area contributed by atoms with Crippen molar-refractivity contribution >= 4 is 5.78 Å². The average Bonchev–Trinajstić information content (AvgIpc) is 2.92. The Bertz CT molecular complexity index is 862. The van der Waals surface area contributed by atoms with Gasteiger partial charge in [-0.25, -0.2) is 0 Å². The van der Waals surface area contributed by atoms with Gasteiger partial charge in [0.25, 0.3) is 0 Å². The minimum Gasteiger partial charge on any atom is -0.504 e. The van der Waals surface area contributed by atoms with Crippen molar-refractivity contribution in [1.82, 2.24) is 0 Å². The van der Waals surface area contributed by atoms with Crippen LogP contribution in [0.25, 0.3) is 0 Å². The van der Waals surface area contributed by atoms with E-state index in [1.54, 1.807) is 24.3 Å². The van der Waals surface area contributed by atoms with Crippen molar-refractivity contribution in [3.63, 3.8) is 0 Å². The highest BCUT2D eigenvalue weighted by Crippen LogP contribution is 2.40. The summed E-state index contributed by atoms with van der Waals surface area (Å²) in [5.74, 6) is 0.473. The summed E-state index contributed by atoms with van der Waals surface area (Å²) in [5.41, 5.74) is 0.788. The number of phenols is 1. The Kier molecular flexibility index (Phi) is 16.3. The summed E-state index contributed by atoms with van der Waals surface area (Å²) < 4.78 is 12.1. The molecule has 0 spiro atoms. The summed E-state index contributed by atoms with van der Waals surface area (Å²) in [6, 6.07) is 12.5. The molecular weight excluding hydrogens is 460 g/mol. The first kappa shape index (κ1) is 30.7. The molecule has 1 N–H and O–H groups in total. The molecule has 0 saturated carbocycles. The number of hydrogen-bond acceptors (Lipinski definition) is 4. The van der Waals surface area contributed by atoms with E-state index < -0.39 is 0 Å². The molecule has 0 aliphatic rings. The Balaban J connectivity index is 1.92. The highest BCUT2D eigenvalue weighted by Gasteiger charge is 2.21. The molecule has 0 aliphatic heterocycles. The van der Waals surface area contributed by atoms with E-state index in [2.05, 4.69) is 13.8 Å². The molecule has 2 aromatic carbocycles. The fourth-order valence-corrected chi connectivity index (χ4v) is 4.56. The molecule has 206 valence electrons. The highest BCUT2D eigenvalue weighted by molar-refractivity contribution is 6.11. The summed E-state index contributed by atoms with van der Waals surface area (Å²) in [7, 11) is 0. The predicted octanol–water partition coefficient (Wildman–Crippen LogP) is 9.66. The molecule has 0 atom stereocenters. The molecule has 0 saturated heterocycles. The van der Waals surface area contributed by atoms with Crippen LogP contribution < -0.4 is 9.47 Å². The molecule has 2 rings (SSSR count). The zero-order valence-corrected chi connectivity index (χ0v) is 23.4. The maximum atomic E-state index is 13.0. The quantitative estimate of drug-likeness (QED) is 0.126. The SMILES string of the molecule is CCCCCCCCCCOc1ccc(C(=O)c2ccccc2)c(O)c1OCCCCCCCCCC. The van der Waals surface area contributed by atoms with E-state index >= 15 is 0 Å². The molecule has 0 amide bonds. The van der Waals surface area contributed by atoms with Crippen molar-refractivity contribution in [2.75, 3.05) is 13.2 Å². The fraction of sp³-hybridized carbons (Fsp3) is 0.606. The highest BCUT2D eigenvalue weighted by atomic mass is 16.5. The van der Waals surface area contributed by atoms with Gasteiger partial charge in [-0.15, -0.1) is 0 Å². The van der Waals surface area contributed by atoms with E-state index in [1.807, 2.05) is 18.2 Å². The van der Waals surface area contributed by atoms with Crippen molar-refractivity contribution in [3.05, 3.63) is 53.6 Å². The molecule has 2 aromatic rings. The van der Waals surface area contributed by atoms with Gasteiger partial charge in [-0.05, 0) is 25.0 Å². The summed E-state index contributed by atoms with van der Waals surface area (Å²) in [6.07, 6.45) is 19.6. The second kappa shape index (κ2) is 19.6. The molecule has 0 fully saturated rings. The third-order valence-corrected chi connectivity index (χ3v) is 6.88. The Morgan fingerprint density at radius 3 is 1.65 bits per heavy atom. The molecule has 0 heterocycles. The Labute approximate surface area is 225 Å². The number of carbonyl (C=O) groups excluding carboxylic acids is 1. The molecule has 0 unspecified atom stereocenters. The largest absolute Gasteiger partial charge is 0.504 e. The first-order valence-corrected chi connectivity index (χ1v) is 14.9. The molecule has 0 bridgehead atoms. The topological polar surface area (TPSA) is 55.8 Å². The van der Waals surface area contributed by atoms with Gasteiger partial charge >= 0.3 is 0 Å². The number of benzene rings is 2. The Morgan fingerprint density at radius 2 is 1.11 bits per heavy atom. The van der Waals surface area contributed by atoms with E-state index in [9.17, 15) is 9.90 Å². The number of aromatic hydroxyl groups is 1. The second-order valence-electron chi connectivity index (χ2n) is 10.1. The van der Waals surface area contributed by atoms with E-state index in [4.69, 9.17) is 9.47 Å². The van der Waals surface area contributed by atoms with Gasteiger partial charge in [-0.2, -0.15) is 0 Å². The average molecular weight is 511 g/mol. The maximum absolute atomic E-state index is 13.0. The zero-order valence-electron chi connectivity index (χ0n) is 23.4. The van der Waals surface area contributed by atoms with Crippen LogP contribution in [0.5, 0.6) is 17.2 Å². The van der Waals surface area contributed by atoms with Crippen LogP contribution in [0.15, 0.2) is 42.5 Å². The van der Waals surface area contributed by atoms with Gasteiger partial charge in [-0.3, -0.25) is 4.79 Å². The van der Waals surface area contributed by atoms with Gasteiger partial charge in [0, 0.05) is 5.56 Å². The smallest absolute Gasteiger partial charge is 0.204 e. The van der Waals surface area contributed by atoms with Crippen LogP contribution >= 0.6 is 0 Å². The van der Waals surface area contributed by atoms with E-state index in [-0.39, 0.29) is 17.1 Å². The number of ether oxygens (including phenoxy) is 2. The van der Waals surface area contributed by atoms with Gasteiger partial charge in [0.05, 0.1) is 18.8 Å². The zero-order chi connectivity index (χ0) is 26.6. The third-order valence-electron chi connectivity index (χ3n) is 6.88. The normalized spacial score (nSPS) is 11.0. The molecule has 0 aromatic heterocycles. The van der Waals surface area contributed by atoms with Crippen LogP contribution in [-0.2, 0) is 0 Å². The van der Waals surface area contributed by atoms with E-state index in [0.29, 0.717) is 30.3 Å². The van der Waals surface area contributed by atoms with Crippen molar-refractivity contribution in [1.29, 1.82) is 0 Å². The first-order chi connectivity index (χ1) is 18.2. The maximum Gasteiger partial charge on any atom is 0.204 e. The molecule has 4 nitrogen and oxygen atoms in total. The molecule has 37 heavy (non-hydrogen) atoms. The summed E-state index contributed by atoms with van der Waals surface area (Å²) >= 11 is 0. The van der Waals surface area contributed by atoms with Crippen molar-refractivity contribution in [3.8, 4) is 17.2 Å². The van der Waals surface area contributed by atoms with E-state index in [0.717, 1.165) is 25.7 Å². The van der Waals surface area contributed by atoms with Crippen molar-refractivity contribution in [2.24, 2.45) is 0 Å². The lowest BCUT2D eigenvalue weighted by Gasteiger charge is -2.16. The number of carbonyl (C=O) groups is 1. The number of hydrogen-bond donors (Lipinski definition) is 1. The lowest BCUT2D eigenvalue weighted by Crippen LogP contribution is -2.07. The minimum absolute atomic E-state index is 0.123. The fourth-order valence-electron chi connectivity index (χ4n) is 4.56. The second-order valence-corrected chi connectivity index (χ2v) is 10.1. The van der Waals surface area contributed by atoms with Gasteiger partial charge in [0.15, 0.2) is 17.3 Å². The first-order valence-electron chi connectivity index (χ1n) is 14.9. The van der Waals surface area contributed by atoms with Gasteiger partial charge in [0.1, 0.15) is 0 Å². The van der Waals surface area contributed by atoms with Crippen LogP contribution in [0.2, 0.25) is 0 Å². The summed E-state index contributed by atoms with van der Waals surface area (Å²) in [6.45, 7) is 5.56. The monoisotopic (exact) mass is 510 g/mol. The van der Waals surface area contributed by atoms with Crippen LogP contribution in [0.3, 0.4) is 0 Å². The lowest BCUT2D eigenvalue weighted by molar-refractivity contribution is 0.103. The van der Waals surface area contributed by atoms with Gasteiger partial charge < -0.3 is 14.6 Å². The molecule has 0 aliphatic carbocycles. The Morgan fingerprint density at radius 1 is 0.622 bits per heavy atom. The van der Waals surface area contributed by atoms with Crippen LogP contribution in [0, 0.1) is 0 Å². The predicted molar refractivity (Wildman–Crippen MR) is 154 cm³/mol. The number of ketones is 1. The van der Waals surface area contributed by atoms with Gasteiger partial charge in [0.2, 0.25) is 5.75 Å². The van der Waals surface area contributed by atoms with Crippen molar-refractivity contribution in [2.45, 2.75) is 117 Å². The lowest BCUT2D eigenvalue weighted by atomic mass is 10.0. The van der Waals surface area contributed by atoms with Crippen molar-refractivity contribution < 1.29 is 19.4 Å². The minimum atomic E-state index is -0.218. The van der Waals surface area contributed by atoms with Crippen LogP contribution in [-0.4, -0.2) is 24.1 Å². The summed E-state index contributed by atoms with van der Waals surface area (Å²) in [4.78, 5) is 13.0. The van der Waals surface area contributed by atoms with Crippen LogP contribution in [0.4, 0.5) is 0 Å². The molecule has 0 radical (unpaired) electrons. The number of unbranched alkanes of at least 4 members (excludes halogenated alkanes) is 14. The summed E-state index contributed by atoms with van der Waals surface area (Å²) in [5, 5.41) is 11.0. The third kappa shape index (κ3) is 12.1. The standard InChI is InChI=1S/C33H50O4/c1-3-5-7-9-11-13-15-20-26-36-30-25-24-29(31(34)28-22-18-17-19-23-28)32(35)33(30)37-27-21-16-14-12-10-8-6-4-2/h17-19,22-25,35H,3-16,20-21,26-27H2,1-2H3. The van der Waals surface area contributed by atoms with E-state index in [1.165, 1.54) is 77.0 Å². The number of rotatable bonds is 22. The number of phenolic OH excluding ortho intramolecular Hbond substituents is 1.